The lowest BCUT2D eigenvalue weighted by molar-refractivity contribution is -0.133. The van der Waals surface area contributed by atoms with E-state index in [-0.39, 0.29) is 6.42 Å². The Bertz CT molecular complexity index is 741. The van der Waals surface area contributed by atoms with Crippen LogP contribution in [0.4, 0.5) is 11.4 Å². The lowest BCUT2D eigenvalue weighted by atomic mass is 9.97. The first-order valence-electron chi connectivity index (χ1n) is 7.38. The van der Waals surface area contributed by atoms with Crippen molar-refractivity contribution in [3.05, 3.63) is 53.6 Å². The molecule has 0 atom stereocenters. The number of hydrogen-bond donors (Lipinski definition) is 3. The highest BCUT2D eigenvalue weighted by molar-refractivity contribution is 6.01. The fraction of sp³-hybridized carbons (Fsp3) is 0.222. The SMILES string of the molecule is CC(C)(O)C(=O)c1ccc(OC(=O)Cc2cc(N)cc(N)c2)cc1. The Morgan fingerprint density at radius 1 is 1.04 bits per heavy atom. The molecule has 0 saturated heterocycles. The third-order valence-electron chi connectivity index (χ3n) is 3.29. The quantitative estimate of drug-likeness (QED) is 0.334. The maximum Gasteiger partial charge on any atom is 0.315 e. The number of Topliss-reactive ketones (excluding diaryl/α,β-unsaturated/α-hetero) is 1. The highest BCUT2D eigenvalue weighted by Gasteiger charge is 2.25. The van der Waals surface area contributed by atoms with Gasteiger partial charge in [0.25, 0.3) is 0 Å². The second kappa shape index (κ2) is 6.72. The molecule has 6 heteroatoms. The Labute approximate surface area is 140 Å². The van der Waals surface area contributed by atoms with Gasteiger partial charge in [-0.05, 0) is 61.9 Å². The highest BCUT2D eigenvalue weighted by atomic mass is 16.5. The smallest absolute Gasteiger partial charge is 0.315 e. The summed E-state index contributed by atoms with van der Waals surface area (Å²) in [5.74, 6) is -0.568. The summed E-state index contributed by atoms with van der Waals surface area (Å²) >= 11 is 0. The summed E-state index contributed by atoms with van der Waals surface area (Å²) in [5, 5.41) is 9.71. The Hall–Kier alpha value is -2.86. The van der Waals surface area contributed by atoms with Crippen molar-refractivity contribution in [2.24, 2.45) is 0 Å². The Morgan fingerprint density at radius 3 is 2.08 bits per heavy atom. The average molecular weight is 328 g/mol. The third-order valence-corrected chi connectivity index (χ3v) is 3.29. The summed E-state index contributed by atoms with van der Waals surface area (Å²) in [5.41, 5.74) is 11.9. The first-order chi connectivity index (χ1) is 11.1. The van der Waals surface area contributed by atoms with Gasteiger partial charge in [0.15, 0.2) is 5.78 Å². The summed E-state index contributed by atoms with van der Waals surface area (Å²) in [6, 6.07) is 10.9. The first-order valence-corrected chi connectivity index (χ1v) is 7.38. The molecule has 0 aliphatic heterocycles. The summed E-state index contributed by atoms with van der Waals surface area (Å²) < 4.78 is 5.22. The predicted molar refractivity (Wildman–Crippen MR) is 91.7 cm³/mol. The van der Waals surface area contributed by atoms with Gasteiger partial charge in [-0.25, -0.2) is 0 Å². The number of nitrogens with two attached hydrogens (primary N) is 2. The van der Waals surface area contributed by atoms with Crippen LogP contribution in [0.1, 0.15) is 29.8 Å². The number of rotatable bonds is 5. The van der Waals surface area contributed by atoms with Crippen LogP contribution in [0.15, 0.2) is 42.5 Å². The van der Waals surface area contributed by atoms with Crippen LogP contribution in [0.2, 0.25) is 0 Å². The second-order valence-electron chi connectivity index (χ2n) is 6.07. The summed E-state index contributed by atoms with van der Waals surface area (Å²) in [6.45, 7) is 2.83. The summed E-state index contributed by atoms with van der Waals surface area (Å²) in [7, 11) is 0. The third kappa shape index (κ3) is 4.57. The van der Waals surface area contributed by atoms with Gasteiger partial charge in [0.2, 0.25) is 0 Å². The number of anilines is 2. The molecule has 126 valence electrons. The molecule has 0 aromatic heterocycles. The number of carbonyl (C=O) groups is 2. The Morgan fingerprint density at radius 2 is 1.58 bits per heavy atom. The normalized spacial score (nSPS) is 11.1. The average Bonchev–Trinajstić information content (AvgIpc) is 2.45. The molecule has 0 spiro atoms. The number of ketones is 1. The number of ether oxygens (including phenoxy) is 1. The molecule has 0 fully saturated rings. The molecule has 0 aliphatic carbocycles. The number of nitrogen functional groups attached to an aromatic ring is 2. The number of carbonyl (C=O) groups excluding carboxylic acids is 2. The van der Waals surface area contributed by atoms with Gasteiger partial charge in [-0.2, -0.15) is 0 Å². The zero-order chi connectivity index (χ0) is 17.9. The maximum atomic E-state index is 12.0. The molecule has 2 aromatic carbocycles. The van der Waals surface area contributed by atoms with Crippen LogP contribution in [-0.2, 0) is 11.2 Å². The van der Waals surface area contributed by atoms with Gasteiger partial charge in [0.05, 0.1) is 6.42 Å². The van der Waals surface area contributed by atoms with E-state index in [0.29, 0.717) is 28.3 Å². The largest absolute Gasteiger partial charge is 0.426 e. The van der Waals surface area contributed by atoms with Crippen molar-refractivity contribution >= 4 is 23.1 Å². The molecule has 0 radical (unpaired) electrons. The van der Waals surface area contributed by atoms with Crippen molar-refractivity contribution in [3.8, 4) is 5.75 Å². The van der Waals surface area contributed by atoms with E-state index in [2.05, 4.69) is 0 Å². The van der Waals surface area contributed by atoms with Crippen molar-refractivity contribution < 1.29 is 19.4 Å². The molecule has 0 amide bonds. The molecule has 0 aliphatic rings. The summed E-state index contributed by atoms with van der Waals surface area (Å²) in [4.78, 5) is 23.9. The molecule has 5 N–H and O–H groups in total. The van der Waals surface area contributed by atoms with E-state index < -0.39 is 17.4 Å². The van der Waals surface area contributed by atoms with Crippen LogP contribution < -0.4 is 16.2 Å². The maximum absolute atomic E-state index is 12.0. The number of aliphatic hydroxyl groups is 1. The van der Waals surface area contributed by atoms with Crippen LogP contribution in [0, 0.1) is 0 Å². The minimum absolute atomic E-state index is 0.0274. The van der Waals surface area contributed by atoms with Crippen LogP contribution in [0.25, 0.3) is 0 Å². The molecule has 0 saturated carbocycles. The standard InChI is InChI=1S/C18H20N2O4/c1-18(2,23)17(22)12-3-5-15(6-4-12)24-16(21)9-11-7-13(19)10-14(20)8-11/h3-8,10,23H,9,19-20H2,1-2H3. The van der Waals surface area contributed by atoms with Crippen molar-refractivity contribution in [3.63, 3.8) is 0 Å². The van der Waals surface area contributed by atoms with Gasteiger partial charge < -0.3 is 21.3 Å². The summed E-state index contributed by atoms with van der Waals surface area (Å²) in [6.07, 6.45) is 0.0274. The lowest BCUT2D eigenvalue weighted by Gasteiger charge is -2.15. The zero-order valence-electron chi connectivity index (χ0n) is 13.6. The van der Waals surface area contributed by atoms with Gasteiger partial charge >= 0.3 is 5.97 Å². The van der Waals surface area contributed by atoms with Crippen LogP contribution >= 0.6 is 0 Å². The molecule has 2 aromatic rings. The second-order valence-corrected chi connectivity index (χ2v) is 6.07. The first kappa shape index (κ1) is 17.5. The minimum atomic E-state index is -1.45. The number of esters is 1. The van der Waals surface area contributed by atoms with Crippen LogP contribution in [0.5, 0.6) is 5.75 Å². The fourth-order valence-electron chi connectivity index (χ4n) is 2.21. The number of hydrogen-bond acceptors (Lipinski definition) is 6. The van der Waals surface area contributed by atoms with E-state index in [4.69, 9.17) is 16.2 Å². The molecule has 2 rings (SSSR count). The van der Waals surface area contributed by atoms with Crippen LogP contribution in [0.3, 0.4) is 0 Å². The molecule has 6 nitrogen and oxygen atoms in total. The van der Waals surface area contributed by atoms with Crippen molar-refractivity contribution in [1.29, 1.82) is 0 Å². The van der Waals surface area contributed by atoms with Gasteiger partial charge in [0.1, 0.15) is 11.4 Å². The van der Waals surface area contributed by atoms with Gasteiger partial charge in [-0.15, -0.1) is 0 Å². The van der Waals surface area contributed by atoms with E-state index in [9.17, 15) is 14.7 Å². The van der Waals surface area contributed by atoms with Gasteiger partial charge in [0, 0.05) is 16.9 Å². The molecule has 24 heavy (non-hydrogen) atoms. The van der Waals surface area contributed by atoms with Crippen molar-refractivity contribution in [1.82, 2.24) is 0 Å². The zero-order valence-corrected chi connectivity index (χ0v) is 13.6. The van der Waals surface area contributed by atoms with E-state index in [1.54, 1.807) is 18.2 Å². The van der Waals surface area contributed by atoms with Crippen molar-refractivity contribution in [2.45, 2.75) is 25.9 Å². The van der Waals surface area contributed by atoms with E-state index in [1.807, 2.05) is 0 Å². The monoisotopic (exact) mass is 328 g/mol. The van der Waals surface area contributed by atoms with Gasteiger partial charge in [-0.1, -0.05) is 0 Å². The molecular weight excluding hydrogens is 308 g/mol. The fourth-order valence-corrected chi connectivity index (χ4v) is 2.21. The molecule has 0 heterocycles. The van der Waals surface area contributed by atoms with Crippen LogP contribution in [-0.4, -0.2) is 22.5 Å². The number of benzene rings is 2. The lowest BCUT2D eigenvalue weighted by Crippen LogP contribution is -2.30. The highest BCUT2D eigenvalue weighted by Crippen LogP contribution is 2.19. The van der Waals surface area contributed by atoms with E-state index in [1.165, 1.54) is 38.1 Å². The predicted octanol–water partition coefficient (Wildman–Crippen LogP) is 1.95. The minimum Gasteiger partial charge on any atom is -0.426 e. The molecular formula is C18H20N2O4. The Balaban J connectivity index is 2.03. The topological polar surface area (TPSA) is 116 Å². The molecule has 0 bridgehead atoms. The molecule has 0 unspecified atom stereocenters. The van der Waals surface area contributed by atoms with E-state index in [0.717, 1.165) is 0 Å². The Kier molecular flexibility index (Phi) is 4.90. The van der Waals surface area contributed by atoms with Crippen molar-refractivity contribution in [2.75, 3.05) is 11.5 Å². The van der Waals surface area contributed by atoms with E-state index >= 15 is 0 Å². The van der Waals surface area contributed by atoms with Gasteiger partial charge in [-0.3, -0.25) is 9.59 Å².